The third-order valence-corrected chi connectivity index (χ3v) is 6.65. The Bertz CT molecular complexity index is 1510. The van der Waals surface area contributed by atoms with Crippen molar-refractivity contribution in [2.45, 2.75) is 31.4 Å². The van der Waals surface area contributed by atoms with Gasteiger partial charge in [0.15, 0.2) is 5.82 Å². The summed E-state index contributed by atoms with van der Waals surface area (Å²) in [5.41, 5.74) is 4.99. The molecule has 3 atom stereocenters. The molecule has 4 aromatic heterocycles. The van der Waals surface area contributed by atoms with E-state index in [2.05, 4.69) is 30.4 Å². The van der Waals surface area contributed by atoms with E-state index in [4.69, 9.17) is 10.5 Å². The van der Waals surface area contributed by atoms with Crippen LogP contribution in [0.15, 0.2) is 43.2 Å². The summed E-state index contributed by atoms with van der Waals surface area (Å²) < 4.78 is 62.4. The van der Waals surface area contributed by atoms with Crippen molar-refractivity contribution < 1.29 is 27.1 Å². The van der Waals surface area contributed by atoms with Crippen LogP contribution in [-0.2, 0) is 6.18 Å². The van der Waals surface area contributed by atoms with Crippen LogP contribution in [0.5, 0.6) is 5.88 Å². The minimum absolute atomic E-state index is 0.0234. The molecule has 11 nitrogen and oxygen atoms in total. The quantitative estimate of drug-likeness (QED) is 0.351. The highest BCUT2D eigenvalue weighted by molar-refractivity contribution is 5.98. The number of alkyl halides is 4. The third-order valence-electron chi connectivity index (χ3n) is 6.65. The van der Waals surface area contributed by atoms with Crippen LogP contribution in [0.2, 0.25) is 0 Å². The molecule has 5 heterocycles. The maximum atomic E-state index is 15.0. The van der Waals surface area contributed by atoms with Crippen LogP contribution in [0.3, 0.4) is 0 Å². The van der Waals surface area contributed by atoms with Crippen LogP contribution < -0.4 is 15.8 Å². The van der Waals surface area contributed by atoms with Gasteiger partial charge in [-0.1, -0.05) is 0 Å². The number of hydrogen-bond donors (Lipinski definition) is 2. The summed E-state index contributed by atoms with van der Waals surface area (Å²) in [5.74, 6) is -1.14. The predicted molar refractivity (Wildman–Crippen MR) is 130 cm³/mol. The number of carbonyl (C=O) groups is 1. The first-order valence-corrected chi connectivity index (χ1v) is 11.8. The lowest BCUT2D eigenvalue weighted by atomic mass is 10.1. The van der Waals surface area contributed by atoms with E-state index < -0.39 is 35.4 Å². The number of nitrogens with zero attached hydrogens (tertiary/aromatic N) is 7. The number of carbonyl (C=O) groups excluding carboxylic acids is 1. The minimum atomic E-state index is -4.74. The van der Waals surface area contributed by atoms with E-state index in [1.807, 2.05) is 11.8 Å². The summed E-state index contributed by atoms with van der Waals surface area (Å²) >= 11 is 0. The molecular formula is C24H23F4N9O2. The number of nitrogen functional groups attached to an aromatic ring is 1. The van der Waals surface area contributed by atoms with Crippen LogP contribution in [0.1, 0.15) is 34.6 Å². The Morgan fingerprint density at radius 3 is 2.69 bits per heavy atom. The molecule has 5 rings (SSSR count). The molecule has 1 unspecified atom stereocenters. The SMILES string of the molecule is COc1ncc(-c2cc(C(F)(F)F)c3c(N)ncnn23)cc1C(=O)N[C@@H]1CN(C(C)c2ccncn2)C[C@@H]1F. The van der Waals surface area contributed by atoms with Gasteiger partial charge < -0.3 is 15.8 Å². The molecule has 4 aromatic rings. The van der Waals surface area contributed by atoms with Crippen molar-refractivity contribution in [2.24, 2.45) is 0 Å². The summed E-state index contributed by atoms with van der Waals surface area (Å²) in [6.45, 7) is 2.16. The lowest BCUT2D eigenvalue weighted by molar-refractivity contribution is -0.136. The van der Waals surface area contributed by atoms with Crippen molar-refractivity contribution in [3.8, 4) is 17.1 Å². The average Bonchev–Trinajstić information content (AvgIpc) is 3.50. The summed E-state index contributed by atoms with van der Waals surface area (Å²) in [7, 11) is 1.29. The molecule has 1 fully saturated rings. The number of hydrogen-bond acceptors (Lipinski definition) is 9. The molecule has 3 N–H and O–H groups in total. The fourth-order valence-electron chi connectivity index (χ4n) is 4.63. The first-order chi connectivity index (χ1) is 18.6. The van der Waals surface area contributed by atoms with E-state index in [-0.39, 0.29) is 47.7 Å². The molecule has 39 heavy (non-hydrogen) atoms. The number of methoxy groups -OCH3 is 1. The fourth-order valence-corrected chi connectivity index (χ4v) is 4.63. The molecule has 1 saturated heterocycles. The average molecular weight is 546 g/mol. The van der Waals surface area contributed by atoms with Gasteiger partial charge in [-0.2, -0.15) is 18.3 Å². The normalized spacial score (nSPS) is 18.8. The number of anilines is 1. The van der Waals surface area contributed by atoms with Crippen molar-refractivity contribution >= 4 is 17.2 Å². The van der Waals surface area contributed by atoms with Crippen LogP contribution in [-0.4, -0.2) is 72.8 Å². The van der Waals surface area contributed by atoms with Gasteiger partial charge in [0, 0.05) is 37.1 Å². The van der Waals surface area contributed by atoms with Gasteiger partial charge in [-0.05, 0) is 25.1 Å². The van der Waals surface area contributed by atoms with Crippen molar-refractivity contribution in [3.63, 3.8) is 0 Å². The Kier molecular flexibility index (Phi) is 6.76. The molecule has 1 aliphatic rings. The second kappa shape index (κ2) is 10.1. The molecular weight excluding hydrogens is 522 g/mol. The van der Waals surface area contributed by atoms with Gasteiger partial charge in [-0.25, -0.2) is 28.8 Å². The molecule has 0 aromatic carbocycles. The molecule has 15 heteroatoms. The third kappa shape index (κ3) is 4.92. The zero-order valence-corrected chi connectivity index (χ0v) is 20.7. The van der Waals surface area contributed by atoms with E-state index in [1.165, 1.54) is 25.7 Å². The van der Waals surface area contributed by atoms with Gasteiger partial charge in [-0.3, -0.25) is 9.69 Å². The Balaban J connectivity index is 1.44. The topological polar surface area (TPSA) is 136 Å². The molecule has 0 saturated carbocycles. The van der Waals surface area contributed by atoms with Gasteiger partial charge in [0.2, 0.25) is 5.88 Å². The van der Waals surface area contributed by atoms with Crippen molar-refractivity contribution in [3.05, 3.63) is 60.1 Å². The first kappa shape index (κ1) is 26.2. The zero-order chi connectivity index (χ0) is 27.9. The van der Waals surface area contributed by atoms with Gasteiger partial charge >= 0.3 is 6.18 Å². The number of nitrogens with one attached hydrogen (secondary N) is 1. The van der Waals surface area contributed by atoms with E-state index >= 15 is 0 Å². The number of ether oxygens (including phenoxy) is 1. The summed E-state index contributed by atoms with van der Waals surface area (Å²) in [4.78, 5) is 31.0. The Labute approximate surface area is 219 Å². The Morgan fingerprint density at radius 2 is 2.00 bits per heavy atom. The zero-order valence-electron chi connectivity index (χ0n) is 20.7. The number of halogens is 4. The second-order valence-corrected chi connectivity index (χ2v) is 8.99. The Morgan fingerprint density at radius 1 is 1.21 bits per heavy atom. The second-order valence-electron chi connectivity index (χ2n) is 8.99. The van der Waals surface area contributed by atoms with Crippen molar-refractivity contribution in [1.82, 2.24) is 39.8 Å². The first-order valence-electron chi connectivity index (χ1n) is 11.8. The number of fused-ring (bicyclic) bond motifs is 1. The fraction of sp³-hybridized carbons (Fsp3) is 0.333. The molecule has 0 aliphatic carbocycles. The maximum Gasteiger partial charge on any atom is 0.418 e. The molecule has 0 spiro atoms. The number of nitrogens with two attached hydrogens (primary N) is 1. The van der Waals surface area contributed by atoms with Crippen molar-refractivity contribution in [1.29, 1.82) is 0 Å². The van der Waals surface area contributed by atoms with E-state index in [1.54, 1.807) is 12.3 Å². The largest absolute Gasteiger partial charge is 0.480 e. The number of amides is 1. The summed E-state index contributed by atoms with van der Waals surface area (Å²) in [5, 5.41) is 6.58. The number of aromatic nitrogens is 6. The monoisotopic (exact) mass is 545 g/mol. The van der Waals surface area contributed by atoms with E-state index in [0.717, 1.165) is 16.9 Å². The standard InChI is InChI=1S/C24H23F4N9O2/c1-12(17-3-4-30-10-32-17)36-8-16(25)18(9-36)35-22(38)14-5-13(7-31-23(14)39-2)19-6-15(24(26,27)28)20-21(29)33-11-34-37(19)20/h3-7,10-12,16,18H,8-9H2,1-2H3,(H,35,38)(H2,29,33,34)/t12?,16-,18+/m0/s1. The van der Waals surface area contributed by atoms with Crippen molar-refractivity contribution in [2.75, 3.05) is 25.9 Å². The minimum Gasteiger partial charge on any atom is -0.480 e. The Hall–Kier alpha value is -4.40. The van der Waals surface area contributed by atoms with Gasteiger partial charge in [0.25, 0.3) is 5.91 Å². The van der Waals surface area contributed by atoms with Crippen LogP contribution >= 0.6 is 0 Å². The van der Waals surface area contributed by atoms with Gasteiger partial charge in [-0.15, -0.1) is 0 Å². The number of likely N-dealkylation sites (tertiary alicyclic amines) is 1. The highest BCUT2D eigenvalue weighted by Gasteiger charge is 2.38. The van der Waals surface area contributed by atoms with Crippen LogP contribution in [0.4, 0.5) is 23.4 Å². The summed E-state index contributed by atoms with van der Waals surface area (Å²) in [6, 6.07) is 2.83. The number of rotatable bonds is 6. The highest BCUT2D eigenvalue weighted by atomic mass is 19.4. The molecule has 204 valence electrons. The van der Waals surface area contributed by atoms with Crippen LogP contribution in [0.25, 0.3) is 16.8 Å². The highest BCUT2D eigenvalue weighted by Crippen LogP contribution is 2.39. The predicted octanol–water partition coefficient (Wildman–Crippen LogP) is 2.70. The van der Waals surface area contributed by atoms with E-state index in [9.17, 15) is 22.4 Å². The van der Waals surface area contributed by atoms with Gasteiger partial charge in [0.05, 0.1) is 30.1 Å². The number of pyridine rings is 1. The van der Waals surface area contributed by atoms with E-state index in [0.29, 0.717) is 5.69 Å². The van der Waals surface area contributed by atoms with Gasteiger partial charge in [0.1, 0.15) is 29.9 Å². The lowest BCUT2D eigenvalue weighted by Gasteiger charge is -2.23. The van der Waals surface area contributed by atoms with Crippen LogP contribution in [0, 0.1) is 0 Å². The molecule has 0 bridgehead atoms. The molecule has 0 radical (unpaired) electrons. The molecule has 1 amide bonds. The maximum absolute atomic E-state index is 15.0. The smallest absolute Gasteiger partial charge is 0.418 e. The lowest BCUT2D eigenvalue weighted by Crippen LogP contribution is -2.41. The summed E-state index contributed by atoms with van der Waals surface area (Å²) in [6.07, 6.45) is -0.841. The molecule has 1 aliphatic heterocycles.